The van der Waals surface area contributed by atoms with E-state index in [0.29, 0.717) is 19.3 Å². The highest BCUT2D eigenvalue weighted by Crippen LogP contribution is 2.16. The molecule has 0 aromatic rings. The highest BCUT2D eigenvalue weighted by Gasteiger charge is 2.19. The molecule has 428 valence electrons. The van der Waals surface area contributed by atoms with Gasteiger partial charge in [0.15, 0.2) is 6.10 Å². The van der Waals surface area contributed by atoms with Gasteiger partial charge in [0.1, 0.15) is 13.2 Å². The second-order valence-corrected chi connectivity index (χ2v) is 20.6. The van der Waals surface area contributed by atoms with Crippen molar-refractivity contribution in [3.8, 4) is 0 Å². The highest BCUT2D eigenvalue weighted by atomic mass is 16.6. The summed E-state index contributed by atoms with van der Waals surface area (Å²) in [4.78, 5) is 37.9. The number of unbranched alkanes of at least 4 members (excludes halogenated alkanes) is 27. The van der Waals surface area contributed by atoms with E-state index >= 15 is 0 Å². The van der Waals surface area contributed by atoms with Crippen LogP contribution in [0.4, 0.5) is 0 Å². The van der Waals surface area contributed by atoms with Crippen molar-refractivity contribution in [2.45, 2.75) is 297 Å². The summed E-state index contributed by atoms with van der Waals surface area (Å²) >= 11 is 0. The topological polar surface area (TPSA) is 78.9 Å². The van der Waals surface area contributed by atoms with Crippen molar-refractivity contribution in [1.29, 1.82) is 0 Å². The van der Waals surface area contributed by atoms with Crippen LogP contribution in [0.25, 0.3) is 0 Å². The van der Waals surface area contributed by atoms with Crippen molar-refractivity contribution in [2.24, 2.45) is 0 Å². The molecule has 0 aliphatic rings. The minimum Gasteiger partial charge on any atom is -0.462 e. The van der Waals surface area contributed by atoms with Gasteiger partial charge in [-0.05, 0) is 103 Å². The fourth-order valence-electron chi connectivity index (χ4n) is 8.64. The molecule has 1 unspecified atom stereocenters. The summed E-state index contributed by atoms with van der Waals surface area (Å²) in [5, 5.41) is 0. The number of hydrogen-bond acceptors (Lipinski definition) is 6. The fraction of sp³-hybridized carbons (Fsp3) is 0.696. The van der Waals surface area contributed by atoms with Gasteiger partial charge >= 0.3 is 17.9 Å². The van der Waals surface area contributed by atoms with Gasteiger partial charge in [-0.15, -0.1) is 0 Å². The molecule has 0 amide bonds. The first kappa shape index (κ1) is 71.1. The maximum Gasteiger partial charge on any atom is 0.306 e. The molecule has 1 atom stereocenters. The maximum atomic E-state index is 12.8. The Balaban J connectivity index is 4.02. The van der Waals surface area contributed by atoms with E-state index in [1.165, 1.54) is 122 Å². The molecule has 0 aromatic heterocycles. The summed E-state index contributed by atoms with van der Waals surface area (Å²) in [5.41, 5.74) is 0. The van der Waals surface area contributed by atoms with Gasteiger partial charge in [-0.3, -0.25) is 14.4 Å². The van der Waals surface area contributed by atoms with E-state index in [9.17, 15) is 14.4 Å². The molecule has 0 rings (SSSR count). The Morgan fingerprint density at radius 3 is 0.813 bits per heavy atom. The average molecular weight is 1040 g/mol. The molecule has 6 heteroatoms. The lowest BCUT2D eigenvalue weighted by molar-refractivity contribution is -0.167. The van der Waals surface area contributed by atoms with Crippen LogP contribution in [0.2, 0.25) is 0 Å². The summed E-state index contributed by atoms with van der Waals surface area (Å²) in [6.45, 7) is 6.34. The van der Waals surface area contributed by atoms with Crippen LogP contribution in [0, 0.1) is 0 Å². The SMILES string of the molecule is CC/C=C\C/C=C\C/C=C\C/C=C\C/C=C\CCCCCCCCCCCCCCCCCC(=O)OCC(COC(=O)CCCCCCC)OC(=O)CCCCCCCCCC/C=C\C/C=C\C/C=C\C/C=C\CC. The standard InChI is InChI=1S/C69H116O6/c1-4-7-10-13-15-17-19-21-23-25-27-29-30-31-32-33-34-35-36-37-38-40-41-43-45-47-49-51-53-56-59-62-68(71)74-65-66(64-73-67(70)61-58-55-12-9-6-3)75-69(72)63-60-57-54-52-50-48-46-44-42-39-28-26-24-22-20-18-16-14-11-8-5-2/h7-8,10-11,15-18,21-24,27-29,31-32,39,66H,4-6,9,12-14,19-20,25-26,30,33-38,40-65H2,1-3H3/b10-7-,11-8-,17-15-,18-16-,23-21-,24-22-,29-27-,32-31-,39-28-. The van der Waals surface area contributed by atoms with Crippen LogP contribution in [0.3, 0.4) is 0 Å². The van der Waals surface area contributed by atoms with Crippen LogP contribution in [0.1, 0.15) is 290 Å². The molecule has 75 heavy (non-hydrogen) atoms. The summed E-state index contributed by atoms with van der Waals surface area (Å²) in [6, 6.07) is 0. The molecule has 6 nitrogen and oxygen atoms in total. The lowest BCUT2D eigenvalue weighted by Crippen LogP contribution is -2.30. The van der Waals surface area contributed by atoms with Gasteiger partial charge in [-0.25, -0.2) is 0 Å². The molecular formula is C69H116O6. The van der Waals surface area contributed by atoms with Crippen LogP contribution in [0.15, 0.2) is 109 Å². The number of ether oxygens (including phenoxy) is 3. The molecule has 0 heterocycles. The first-order valence-electron chi connectivity index (χ1n) is 31.4. The Bertz CT molecular complexity index is 1520. The van der Waals surface area contributed by atoms with Crippen LogP contribution in [-0.2, 0) is 28.6 Å². The normalized spacial score (nSPS) is 12.8. The zero-order valence-electron chi connectivity index (χ0n) is 49.0. The predicted octanol–water partition coefficient (Wildman–Crippen LogP) is 21.4. The molecule has 0 aliphatic heterocycles. The van der Waals surface area contributed by atoms with Gasteiger partial charge in [0.05, 0.1) is 0 Å². The Kier molecular flexibility index (Phi) is 59.3. The molecule has 0 aromatic carbocycles. The molecule has 0 aliphatic carbocycles. The number of carbonyl (C=O) groups is 3. The third-order valence-electron chi connectivity index (χ3n) is 13.3. The number of carbonyl (C=O) groups excluding carboxylic acids is 3. The molecule has 0 N–H and O–H groups in total. The minimum absolute atomic E-state index is 0.0803. The van der Waals surface area contributed by atoms with Gasteiger partial charge in [0.25, 0.3) is 0 Å². The Morgan fingerprint density at radius 1 is 0.280 bits per heavy atom. The summed E-state index contributed by atoms with van der Waals surface area (Å²) in [7, 11) is 0. The molecule has 0 fully saturated rings. The van der Waals surface area contributed by atoms with Gasteiger partial charge in [-0.2, -0.15) is 0 Å². The molecule has 0 saturated heterocycles. The third-order valence-corrected chi connectivity index (χ3v) is 13.3. The molecule has 0 radical (unpaired) electrons. The molecular weight excluding hydrogens is 925 g/mol. The van der Waals surface area contributed by atoms with Crippen LogP contribution in [-0.4, -0.2) is 37.2 Å². The number of allylic oxidation sites excluding steroid dienone is 18. The first-order chi connectivity index (χ1) is 37.0. The van der Waals surface area contributed by atoms with E-state index < -0.39 is 6.10 Å². The zero-order chi connectivity index (χ0) is 54.3. The molecule has 0 bridgehead atoms. The Hall–Kier alpha value is -3.93. The summed E-state index contributed by atoms with van der Waals surface area (Å²) in [5.74, 6) is -0.897. The van der Waals surface area contributed by atoms with Crippen LogP contribution in [0.5, 0.6) is 0 Å². The van der Waals surface area contributed by atoms with E-state index in [1.54, 1.807) is 0 Å². The predicted molar refractivity (Wildman–Crippen MR) is 325 cm³/mol. The van der Waals surface area contributed by atoms with E-state index in [0.717, 1.165) is 128 Å². The van der Waals surface area contributed by atoms with Crippen LogP contribution >= 0.6 is 0 Å². The smallest absolute Gasteiger partial charge is 0.306 e. The quantitative estimate of drug-likeness (QED) is 0.0261. The lowest BCUT2D eigenvalue weighted by Gasteiger charge is -2.18. The van der Waals surface area contributed by atoms with Crippen molar-refractivity contribution in [3.63, 3.8) is 0 Å². The van der Waals surface area contributed by atoms with Gasteiger partial charge in [-0.1, -0.05) is 278 Å². The largest absolute Gasteiger partial charge is 0.462 e. The Labute approximate surface area is 463 Å². The van der Waals surface area contributed by atoms with E-state index in [1.807, 2.05) is 0 Å². The monoisotopic (exact) mass is 1040 g/mol. The van der Waals surface area contributed by atoms with E-state index in [2.05, 4.69) is 130 Å². The molecule has 0 spiro atoms. The number of hydrogen-bond donors (Lipinski definition) is 0. The van der Waals surface area contributed by atoms with Crippen molar-refractivity contribution in [1.82, 2.24) is 0 Å². The lowest BCUT2D eigenvalue weighted by atomic mass is 10.0. The summed E-state index contributed by atoms with van der Waals surface area (Å²) < 4.78 is 16.8. The third kappa shape index (κ3) is 60.8. The fourth-order valence-corrected chi connectivity index (χ4v) is 8.64. The average Bonchev–Trinajstić information content (AvgIpc) is 3.41. The maximum absolute atomic E-state index is 12.8. The van der Waals surface area contributed by atoms with Crippen molar-refractivity contribution in [2.75, 3.05) is 13.2 Å². The van der Waals surface area contributed by atoms with Gasteiger partial charge in [0.2, 0.25) is 0 Å². The summed E-state index contributed by atoms with van der Waals surface area (Å²) in [6.07, 6.45) is 85.7. The Morgan fingerprint density at radius 2 is 0.520 bits per heavy atom. The number of esters is 3. The van der Waals surface area contributed by atoms with Gasteiger partial charge < -0.3 is 14.2 Å². The second kappa shape index (κ2) is 62.6. The van der Waals surface area contributed by atoms with E-state index in [4.69, 9.17) is 14.2 Å². The van der Waals surface area contributed by atoms with E-state index in [-0.39, 0.29) is 31.1 Å². The highest BCUT2D eigenvalue weighted by molar-refractivity contribution is 5.71. The van der Waals surface area contributed by atoms with Crippen molar-refractivity contribution in [3.05, 3.63) is 109 Å². The van der Waals surface area contributed by atoms with Crippen LogP contribution < -0.4 is 0 Å². The van der Waals surface area contributed by atoms with Crippen molar-refractivity contribution < 1.29 is 28.6 Å². The minimum atomic E-state index is -0.779. The van der Waals surface area contributed by atoms with Crippen molar-refractivity contribution >= 4 is 17.9 Å². The van der Waals surface area contributed by atoms with Gasteiger partial charge in [0, 0.05) is 19.3 Å². The molecule has 0 saturated carbocycles. The second-order valence-electron chi connectivity index (χ2n) is 20.6. The zero-order valence-corrected chi connectivity index (χ0v) is 49.0. The number of rotatable bonds is 56. The first-order valence-corrected chi connectivity index (χ1v) is 31.4.